The number of alkyl halides is 1. The summed E-state index contributed by atoms with van der Waals surface area (Å²) in [5.41, 5.74) is 4.34. The molecule has 2 atom stereocenters. The number of thiazole rings is 1. The lowest BCUT2D eigenvalue weighted by Crippen LogP contribution is -2.46. The molecule has 1 saturated heterocycles. The highest BCUT2D eigenvalue weighted by atomic mass is 79.9. The average molecular weight is 627 g/mol. The Morgan fingerprint density at radius 2 is 1.90 bits per heavy atom. The number of hydrogen-bond acceptors (Lipinski definition) is 8. The summed E-state index contributed by atoms with van der Waals surface area (Å²) in [6.45, 7) is 10.7. The number of likely N-dealkylation sites (tertiary alicyclic amines) is 1. The summed E-state index contributed by atoms with van der Waals surface area (Å²) >= 11 is 4.88. The van der Waals surface area contributed by atoms with Gasteiger partial charge in [-0.2, -0.15) is 0 Å². The fraction of sp³-hybridized carbons (Fsp3) is 0.607. The summed E-state index contributed by atoms with van der Waals surface area (Å²) in [5.74, 6) is 0.242. The molecule has 9 nitrogen and oxygen atoms in total. The summed E-state index contributed by atoms with van der Waals surface area (Å²) in [5, 5.41) is 14.0. The van der Waals surface area contributed by atoms with E-state index in [1.54, 1.807) is 11.3 Å². The number of carbonyl (C=O) groups is 2. The van der Waals surface area contributed by atoms with Gasteiger partial charge in [-0.3, -0.25) is 9.59 Å². The van der Waals surface area contributed by atoms with Gasteiger partial charge in [-0.05, 0) is 24.0 Å². The summed E-state index contributed by atoms with van der Waals surface area (Å²) < 4.78 is 17.1. The van der Waals surface area contributed by atoms with E-state index in [-0.39, 0.29) is 36.7 Å². The fourth-order valence-corrected chi connectivity index (χ4v) is 5.37. The molecule has 1 fully saturated rings. The number of amides is 2. The molecule has 3 rings (SSSR count). The topological polar surface area (TPSA) is 110 Å². The van der Waals surface area contributed by atoms with Crippen LogP contribution in [0.25, 0.3) is 10.4 Å². The lowest BCUT2D eigenvalue weighted by atomic mass is 9.91. The molecule has 1 aromatic heterocycles. The highest BCUT2D eigenvalue weighted by Crippen LogP contribution is 2.32. The van der Waals surface area contributed by atoms with Gasteiger partial charge in [0.15, 0.2) is 0 Å². The van der Waals surface area contributed by atoms with E-state index >= 15 is 0 Å². The van der Waals surface area contributed by atoms with Gasteiger partial charge in [-0.15, -0.1) is 11.3 Å². The third-order valence-corrected chi connectivity index (χ3v) is 7.49. The van der Waals surface area contributed by atoms with Crippen molar-refractivity contribution in [3.63, 3.8) is 0 Å². The first-order valence-corrected chi connectivity index (χ1v) is 15.2. The normalized spacial score (nSPS) is 17.4. The molecule has 2 heterocycles. The molecule has 11 heteroatoms. The van der Waals surface area contributed by atoms with E-state index < -0.39 is 12.1 Å². The largest absolute Gasteiger partial charge is 0.491 e. The van der Waals surface area contributed by atoms with Crippen LogP contribution in [0.5, 0.6) is 5.75 Å². The van der Waals surface area contributed by atoms with Gasteiger partial charge in [-0.25, -0.2) is 4.98 Å². The second kappa shape index (κ2) is 15.1. The van der Waals surface area contributed by atoms with Crippen molar-refractivity contribution in [3.8, 4) is 16.2 Å². The zero-order chi connectivity index (χ0) is 28.4. The molecule has 1 aliphatic heterocycles. The number of β-amino-alcohol motifs (C(OH)–C–C–N with tert-alkyl or cyclic N) is 1. The summed E-state index contributed by atoms with van der Waals surface area (Å²) in [6.07, 6.45) is -0.175. The van der Waals surface area contributed by atoms with Crippen molar-refractivity contribution in [1.29, 1.82) is 0 Å². The van der Waals surface area contributed by atoms with E-state index in [9.17, 15) is 14.7 Å². The SMILES string of the molecule is Cc1ncsc1-c1ccc(CNC(=O)[C@@H]2C[C@@H](O)CN2C(=O)CC(C)(C)C)c(OCCOCCOCCBr)c1. The van der Waals surface area contributed by atoms with Crippen LogP contribution in [0.4, 0.5) is 0 Å². The Labute approximate surface area is 243 Å². The molecule has 0 spiro atoms. The standard InChI is InChI=1S/C28H40BrN3O6S/c1-19-26(39-18-31-19)20-5-6-21(24(13-20)38-12-11-37-10-9-36-8-7-29)16-30-27(35)23-14-22(33)17-32(23)25(34)15-28(2,3)4/h5-6,13,18,22-23,33H,7-12,14-17H2,1-4H3,(H,30,35)/t22-,23+/m1/s1. The van der Waals surface area contributed by atoms with Crippen LogP contribution in [0.2, 0.25) is 0 Å². The molecular weight excluding hydrogens is 586 g/mol. The first kappa shape index (κ1) is 31.5. The van der Waals surface area contributed by atoms with Crippen LogP contribution in [0, 0.1) is 12.3 Å². The fourth-order valence-electron chi connectivity index (χ4n) is 4.34. The minimum atomic E-state index is -0.713. The number of nitrogens with one attached hydrogen (secondary N) is 1. The maximum absolute atomic E-state index is 13.2. The third-order valence-electron chi connectivity index (χ3n) is 6.19. The zero-order valence-electron chi connectivity index (χ0n) is 23.2. The minimum Gasteiger partial charge on any atom is -0.491 e. The van der Waals surface area contributed by atoms with Crippen molar-refractivity contribution < 1.29 is 28.9 Å². The lowest BCUT2D eigenvalue weighted by molar-refractivity contribution is -0.140. The van der Waals surface area contributed by atoms with Gasteiger partial charge in [-0.1, -0.05) is 48.8 Å². The third kappa shape index (κ3) is 9.82. The quantitative estimate of drug-likeness (QED) is 0.242. The highest BCUT2D eigenvalue weighted by molar-refractivity contribution is 9.09. The van der Waals surface area contributed by atoms with Gasteiger partial charge >= 0.3 is 0 Å². The molecule has 2 amide bonds. The van der Waals surface area contributed by atoms with Crippen LogP contribution in [0.3, 0.4) is 0 Å². The Hall–Kier alpha value is -2.05. The molecule has 2 N–H and O–H groups in total. The Balaban J connectivity index is 1.65. The Kier molecular flexibility index (Phi) is 12.2. The second-order valence-corrected chi connectivity index (χ2v) is 12.4. The number of ether oxygens (including phenoxy) is 3. The van der Waals surface area contributed by atoms with E-state index in [1.807, 2.05) is 51.4 Å². The van der Waals surface area contributed by atoms with Crippen molar-refractivity contribution in [2.45, 2.75) is 59.2 Å². The van der Waals surface area contributed by atoms with Gasteiger partial charge in [0.05, 0.1) is 48.6 Å². The zero-order valence-corrected chi connectivity index (χ0v) is 25.6. The van der Waals surface area contributed by atoms with Gasteiger partial charge in [0.2, 0.25) is 11.8 Å². The van der Waals surface area contributed by atoms with Crippen LogP contribution in [-0.2, 0) is 25.6 Å². The smallest absolute Gasteiger partial charge is 0.243 e. The Morgan fingerprint density at radius 1 is 1.18 bits per heavy atom. The van der Waals surface area contributed by atoms with Crippen LogP contribution >= 0.6 is 27.3 Å². The number of hydrogen-bond donors (Lipinski definition) is 2. The van der Waals surface area contributed by atoms with Crippen molar-refractivity contribution >= 4 is 39.1 Å². The monoisotopic (exact) mass is 625 g/mol. The molecule has 0 radical (unpaired) electrons. The highest BCUT2D eigenvalue weighted by Gasteiger charge is 2.39. The predicted octanol–water partition coefficient (Wildman–Crippen LogP) is 3.94. The predicted molar refractivity (Wildman–Crippen MR) is 155 cm³/mol. The molecule has 0 saturated carbocycles. The first-order valence-electron chi connectivity index (χ1n) is 13.2. The molecule has 2 aromatic rings. The number of aromatic nitrogens is 1. The second-order valence-electron chi connectivity index (χ2n) is 10.8. The summed E-state index contributed by atoms with van der Waals surface area (Å²) in [7, 11) is 0. The number of benzene rings is 1. The number of carbonyl (C=O) groups excluding carboxylic acids is 2. The van der Waals surface area contributed by atoms with Crippen LogP contribution < -0.4 is 10.1 Å². The molecule has 0 bridgehead atoms. The molecule has 1 aliphatic rings. The summed E-state index contributed by atoms with van der Waals surface area (Å²) in [6, 6.07) is 5.19. The number of aliphatic hydroxyl groups is 1. The van der Waals surface area contributed by atoms with Crippen molar-refractivity contribution in [3.05, 3.63) is 35.0 Å². The van der Waals surface area contributed by atoms with Gasteiger partial charge in [0, 0.05) is 36.8 Å². The van der Waals surface area contributed by atoms with Crippen molar-refractivity contribution in [2.75, 3.05) is 44.9 Å². The van der Waals surface area contributed by atoms with Crippen LogP contribution in [0.15, 0.2) is 23.7 Å². The molecule has 0 unspecified atom stereocenters. The number of aryl methyl sites for hydroxylation is 1. The number of rotatable bonds is 14. The minimum absolute atomic E-state index is 0.120. The van der Waals surface area contributed by atoms with Crippen LogP contribution in [-0.4, -0.2) is 83.9 Å². The van der Waals surface area contributed by atoms with Gasteiger partial charge in [0.25, 0.3) is 0 Å². The van der Waals surface area contributed by atoms with Crippen LogP contribution in [0.1, 0.15) is 44.9 Å². The van der Waals surface area contributed by atoms with E-state index in [0.717, 1.165) is 27.0 Å². The average Bonchev–Trinajstić information content (AvgIpc) is 3.49. The van der Waals surface area contributed by atoms with E-state index in [4.69, 9.17) is 14.2 Å². The molecule has 1 aromatic carbocycles. The molecular formula is C28H40BrN3O6S. The first-order chi connectivity index (χ1) is 18.6. The molecule has 39 heavy (non-hydrogen) atoms. The van der Waals surface area contributed by atoms with Gasteiger partial charge in [0.1, 0.15) is 18.4 Å². The number of nitrogens with zero attached hydrogens (tertiary/aromatic N) is 2. The van der Waals surface area contributed by atoms with Crippen molar-refractivity contribution in [1.82, 2.24) is 15.2 Å². The molecule has 0 aliphatic carbocycles. The van der Waals surface area contributed by atoms with Crippen molar-refractivity contribution in [2.24, 2.45) is 5.41 Å². The maximum Gasteiger partial charge on any atom is 0.243 e. The lowest BCUT2D eigenvalue weighted by Gasteiger charge is -2.27. The van der Waals surface area contributed by atoms with E-state index in [1.165, 1.54) is 4.90 Å². The van der Waals surface area contributed by atoms with E-state index in [2.05, 4.69) is 26.2 Å². The Bertz CT molecular complexity index is 1090. The van der Waals surface area contributed by atoms with E-state index in [0.29, 0.717) is 45.2 Å². The summed E-state index contributed by atoms with van der Waals surface area (Å²) in [4.78, 5) is 32.9. The number of halogens is 1. The Morgan fingerprint density at radius 3 is 2.56 bits per heavy atom. The molecule has 216 valence electrons. The number of aliphatic hydroxyl groups excluding tert-OH is 1. The van der Waals surface area contributed by atoms with Gasteiger partial charge < -0.3 is 29.5 Å². The maximum atomic E-state index is 13.2.